The number of ether oxygens (including phenoxy) is 1. The number of benzene rings is 2. The van der Waals surface area contributed by atoms with Gasteiger partial charge in [-0.25, -0.2) is 0 Å². The Bertz CT molecular complexity index is 642. The van der Waals surface area contributed by atoms with Gasteiger partial charge in [-0.2, -0.15) is 0 Å². The van der Waals surface area contributed by atoms with Gasteiger partial charge in [0, 0.05) is 18.9 Å². The molecule has 1 aliphatic rings. The summed E-state index contributed by atoms with van der Waals surface area (Å²) in [7, 11) is 0. The molecule has 1 unspecified atom stereocenters. The maximum atomic E-state index is 11.3. The Morgan fingerprint density at radius 1 is 1.19 bits per heavy atom. The Labute approximate surface area is 128 Å². The maximum absolute atomic E-state index is 11.3. The summed E-state index contributed by atoms with van der Waals surface area (Å²) < 4.78 is 5.81. The molecule has 1 heterocycles. The summed E-state index contributed by atoms with van der Waals surface area (Å²) in [6.45, 7) is 1.16. The largest absolute Gasteiger partial charge is 0.487 e. The number of carbonyl (C=O) groups is 1. The van der Waals surface area contributed by atoms with E-state index in [4.69, 9.17) is 16.3 Å². The molecule has 2 aromatic carbocycles. The van der Waals surface area contributed by atoms with E-state index in [0.717, 1.165) is 11.1 Å². The van der Waals surface area contributed by atoms with Gasteiger partial charge in [0.1, 0.15) is 12.4 Å². The molecule has 0 aromatic heterocycles. The molecule has 0 saturated carbocycles. The first-order valence-electron chi connectivity index (χ1n) is 6.95. The van der Waals surface area contributed by atoms with Crippen molar-refractivity contribution in [3.05, 3.63) is 64.7 Å². The van der Waals surface area contributed by atoms with Crippen LogP contribution < -0.4 is 10.1 Å². The normalized spacial score (nSPS) is 17.6. The van der Waals surface area contributed by atoms with Gasteiger partial charge in [-0.15, -0.1) is 0 Å². The van der Waals surface area contributed by atoms with Crippen molar-refractivity contribution in [2.45, 2.75) is 18.9 Å². The zero-order valence-electron chi connectivity index (χ0n) is 11.5. The highest BCUT2D eigenvalue weighted by Crippen LogP contribution is 2.31. The molecule has 3 rings (SSSR count). The number of rotatable bonds is 4. The van der Waals surface area contributed by atoms with Gasteiger partial charge in [0.15, 0.2) is 0 Å². The fraction of sp³-hybridized carbons (Fsp3) is 0.235. The van der Waals surface area contributed by atoms with Crippen molar-refractivity contribution in [3.63, 3.8) is 0 Å². The summed E-state index contributed by atoms with van der Waals surface area (Å²) in [5.74, 6) is 0.966. The lowest BCUT2D eigenvalue weighted by Crippen LogP contribution is -2.13. The zero-order valence-corrected chi connectivity index (χ0v) is 12.3. The third-order valence-corrected chi connectivity index (χ3v) is 3.95. The van der Waals surface area contributed by atoms with Crippen LogP contribution in [0.4, 0.5) is 0 Å². The van der Waals surface area contributed by atoms with Crippen molar-refractivity contribution in [1.29, 1.82) is 0 Å². The molecule has 0 radical (unpaired) electrons. The Balaban J connectivity index is 1.74. The zero-order chi connectivity index (χ0) is 14.7. The van der Waals surface area contributed by atoms with Gasteiger partial charge < -0.3 is 10.1 Å². The van der Waals surface area contributed by atoms with Crippen molar-refractivity contribution in [2.75, 3.05) is 6.54 Å². The van der Waals surface area contributed by atoms with E-state index in [1.165, 1.54) is 0 Å². The topological polar surface area (TPSA) is 38.3 Å². The summed E-state index contributed by atoms with van der Waals surface area (Å²) >= 11 is 6.19. The third kappa shape index (κ3) is 3.37. The van der Waals surface area contributed by atoms with E-state index in [1.54, 1.807) is 0 Å². The summed E-state index contributed by atoms with van der Waals surface area (Å²) in [4.78, 5) is 11.3. The number of carbonyl (C=O) groups excluding carboxylic acids is 1. The third-order valence-electron chi connectivity index (χ3n) is 3.64. The van der Waals surface area contributed by atoms with Crippen LogP contribution in [0.1, 0.15) is 23.5 Å². The molecule has 1 amide bonds. The van der Waals surface area contributed by atoms with Crippen LogP contribution in [0.2, 0.25) is 5.02 Å². The average molecular weight is 302 g/mol. The smallest absolute Gasteiger partial charge is 0.220 e. The van der Waals surface area contributed by atoms with Crippen LogP contribution in [0.3, 0.4) is 0 Å². The lowest BCUT2D eigenvalue weighted by Gasteiger charge is -2.13. The highest BCUT2D eigenvalue weighted by Gasteiger charge is 2.23. The van der Waals surface area contributed by atoms with Crippen LogP contribution >= 0.6 is 11.6 Å². The second-order valence-corrected chi connectivity index (χ2v) is 5.58. The fourth-order valence-electron chi connectivity index (χ4n) is 2.46. The highest BCUT2D eigenvalue weighted by atomic mass is 35.5. The predicted molar refractivity (Wildman–Crippen MR) is 82.6 cm³/mol. The first-order chi connectivity index (χ1) is 10.2. The summed E-state index contributed by atoms with van der Waals surface area (Å²) in [6.07, 6.45) is 0.528. The van der Waals surface area contributed by atoms with Crippen molar-refractivity contribution >= 4 is 17.5 Å². The standard InChI is InChI=1S/C17H16ClNO2/c18-15-7-6-13(14-9-17(20)19-10-14)8-16(15)21-11-12-4-2-1-3-5-12/h1-8,14H,9-11H2,(H,19,20). The molecule has 1 atom stereocenters. The number of halogens is 1. The van der Waals surface area contributed by atoms with Gasteiger partial charge in [0.25, 0.3) is 0 Å². The van der Waals surface area contributed by atoms with Crippen LogP contribution in [0, 0.1) is 0 Å². The molecule has 1 N–H and O–H groups in total. The lowest BCUT2D eigenvalue weighted by molar-refractivity contribution is -0.119. The van der Waals surface area contributed by atoms with Crippen LogP contribution in [0.5, 0.6) is 5.75 Å². The van der Waals surface area contributed by atoms with Gasteiger partial charge in [-0.1, -0.05) is 48.0 Å². The predicted octanol–water partition coefficient (Wildman–Crippen LogP) is 3.52. The van der Waals surface area contributed by atoms with E-state index in [0.29, 0.717) is 30.3 Å². The first kappa shape index (κ1) is 14.0. The molecule has 1 aliphatic heterocycles. The second kappa shape index (κ2) is 6.19. The fourth-order valence-corrected chi connectivity index (χ4v) is 2.63. The van der Waals surface area contributed by atoms with Gasteiger partial charge in [-0.05, 0) is 23.3 Å². The van der Waals surface area contributed by atoms with Gasteiger partial charge in [0.05, 0.1) is 5.02 Å². The van der Waals surface area contributed by atoms with Crippen molar-refractivity contribution in [3.8, 4) is 5.75 Å². The minimum absolute atomic E-state index is 0.0988. The van der Waals surface area contributed by atoms with Crippen LogP contribution in [0.25, 0.3) is 0 Å². The molecule has 2 aromatic rings. The maximum Gasteiger partial charge on any atom is 0.220 e. The average Bonchev–Trinajstić information content (AvgIpc) is 2.94. The van der Waals surface area contributed by atoms with Gasteiger partial charge in [0.2, 0.25) is 5.91 Å². The van der Waals surface area contributed by atoms with Crippen LogP contribution in [-0.2, 0) is 11.4 Å². The van der Waals surface area contributed by atoms with Crippen molar-refractivity contribution < 1.29 is 9.53 Å². The molecule has 0 spiro atoms. The Morgan fingerprint density at radius 3 is 2.71 bits per heavy atom. The van der Waals surface area contributed by atoms with Crippen molar-refractivity contribution in [1.82, 2.24) is 5.32 Å². The van der Waals surface area contributed by atoms with Crippen LogP contribution in [0.15, 0.2) is 48.5 Å². The summed E-state index contributed by atoms with van der Waals surface area (Å²) in [5.41, 5.74) is 2.18. The number of amides is 1. The Kier molecular flexibility index (Phi) is 4.11. The second-order valence-electron chi connectivity index (χ2n) is 5.17. The molecule has 108 valence electrons. The molecule has 3 nitrogen and oxygen atoms in total. The molecule has 4 heteroatoms. The molecule has 1 saturated heterocycles. The first-order valence-corrected chi connectivity index (χ1v) is 7.33. The van der Waals surface area contributed by atoms with E-state index in [9.17, 15) is 4.79 Å². The monoisotopic (exact) mass is 301 g/mol. The Morgan fingerprint density at radius 2 is 2.00 bits per heavy atom. The molecule has 0 aliphatic carbocycles. The molecule has 1 fully saturated rings. The number of nitrogens with one attached hydrogen (secondary N) is 1. The molecular weight excluding hydrogens is 286 g/mol. The van der Waals surface area contributed by atoms with E-state index in [-0.39, 0.29) is 11.8 Å². The van der Waals surface area contributed by atoms with E-state index >= 15 is 0 Å². The molecule has 21 heavy (non-hydrogen) atoms. The SMILES string of the molecule is O=C1CC(c2ccc(Cl)c(OCc3ccccc3)c2)CN1. The summed E-state index contributed by atoms with van der Waals surface area (Å²) in [5, 5.41) is 3.44. The van der Waals surface area contributed by atoms with E-state index in [1.807, 2.05) is 48.5 Å². The van der Waals surface area contributed by atoms with Gasteiger partial charge >= 0.3 is 0 Å². The Hall–Kier alpha value is -2.00. The minimum atomic E-state index is 0.0988. The lowest BCUT2D eigenvalue weighted by atomic mass is 9.98. The number of hydrogen-bond acceptors (Lipinski definition) is 2. The van der Waals surface area contributed by atoms with Crippen LogP contribution in [-0.4, -0.2) is 12.5 Å². The van der Waals surface area contributed by atoms with Crippen molar-refractivity contribution in [2.24, 2.45) is 0 Å². The summed E-state index contributed by atoms with van der Waals surface area (Å²) in [6, 6.07) is 15.7. The quantitative estimate of drug-likeness (QED) is 0.938. The van der Waals surface area contributed by atoms with E-state index < -0.39 is 0 Å². The highest BCUT2D eigenvalue weighted by molar-refractivity contribution is 6.32. The molecule has 0 bridgehead atoms. The minimum Gasteiger partial charge on any atom is -0.487 e. The van der Waals surface area contributed by atoms with E-state index in [2.05, 4.69) is 5.32 Å². The van der Waals surface area contributed by atoms with Gasteiger partial charge in [-0.3, -0.25) is 4.79 Å². The molecular formula is C17H16ClNO2. The number of hydrogen-bond donors (Lipinski definition) is 1.